The van der Waals surface area contributed by atoms with Gasteiger partial charge in [-0.05, 0) is 48.2 Å². The molecule has 0 saturated carbocycles. The molecule has 0 bridgehead atoms. The van der Waals surface area contributed by atoms with E-state index in [1.807, 2.05) is 65.7 Å². The average molecular weight is 540 g/mol. The predicted octanol–water partition coefficient (Wildman–Crippen LogP) is 5.12. The van der Waals surface area contributed by atoms with Crippen molar-refractivity contribution in [2.24, 2.45) is 5.92 Å². The van der Waals surface area contributed by atoms with E-state index in [-0.39, 0.29) is 30.9 Å². The Labute approximate surface area is 230 Å². The van der Waals surface area contributed by atoms with E-state index in [4.69, 9.17) is 21.1 Å². The molecule has 2 aromatic carbocycles. The van der Waals surface area contributed by atoms with Crippen LogP contribution in [-0.2, 0) is 27.4 Å². The normalized spacial score (nSPS) is 11.0. The van der Waals surface area contributed by atoms with Crippen LogP contribution in [0.1, 0.15) is 31.5 Å². The summed E-state index contributed by atoms with van der Waals surface area (Å²) >= 11 is 6.39. The SMILES string of the molecule is COCCCN(CC(=O)N(Cc1cccn1Cc1ccccc1Cl)CC(C)C)C(=O)COc1ccccc1. The number of hydrogen-bond acceptors (Lipinski definition) is 4. The third-order valence-corrected chi connectivity index (χ3v) is 6.44. The maximum absolute atomic E-state index is 13.6. The van der Waals surface area contributed by atoms with E-state index < -0.39 is 0 Å². The van der Waals surface area contributed by atoms with E-state index in [2.05, 4.69) is 18.4 Å². The van der Waals surface area contributed by atoms with Gasteiger partial charge in [-0.2, -0.15) is 0 Å². The molecule has 0 atom stereocenters. The molecule has 8 heteroatoms. The first kappa shape index (κ1) is 29.3. The van der Waals surface area contributed by atoms with E-state index in [9.17, 15) is 9.59 Å². The lowest BCUT2D eigenvalue weighted by molar-refractivity contribution is -0.142. The summed E-state index contributed by atoms with van der Waals surface area (Å²) in [5, 5.41) is 0.713. The Bertz CT molecular complexity index is 1150. The Morgan fingerprint density at radius 2 is 1.68 bits per heavy atom. The number of aromatic nitrogens is 1. The molecule has 3 aromatic rings. The molecule has 7 nitrogen and oxygen atoms in total. The molecule has 0 aliphatic rings. The summed E-state index contributed by atoms with van der Waals surface area (Å²) in [5.41, 5.74) is 2.02. The van der Waals surface area contributed by atoms with Crippen molar-refractivity contribution in [2.45, 2.75) is 33.4 Å². The fourth-order valence-corrected chi connectivity index (χ4v) is 4.35. The quantitative estimate of drug-likeness (QED) is 0.251. The maximum Gasteiger partial charge on any atom is 0.260 e. The standard InChI is InChI=1S/C30H38ClN3O4/c1-24(2)19-34(21-26-12-9-16-32(26)20-25-11-7-8-15-28(25)31)29(35)22-33(17-10-18-37-3)30(36)23-38-27-13-5-4-6-14-27/h4-9,11-16,24H,10,17-23H2,1-3H3. The average Bonchev–Trinajstić information content (AvgIpc) is 3.34. The van der Waals surface area contributed by atoms with Gasteiger partial charge in [-0.25, -0.2) is 0 Å². The number of nitrogens with zero attached hydrogens (tertiary/aromatic N) is 3. The number of halogens is 1. The van der Waals surface area contributed by atoms with Crippen LogP contribution in [0.3, 0.4) is 0 Å². The number of methoxy groups -OCH3 is 1. The molecular formula is C30H38ClN3O4. The van der Waals surface area contributed by atoms with Crippen LogP contribution in [0.25, 0.3) is 0 Å². The summed E-state index contributed by atoms with van der Waals surface area (Å²) in [5.74, 6) is 0.550. The van der Waals surface area contributed by atoms with E-state index in [0.717, 1.165) is 11.3 Å². The van der Waals surface area contributed by atoms with Crippen molar-refractivity contribution >= 4 is 23.4 Å². The predicted molar refractivity (Wildman–Crippen MR) is 150 cm³/mol. The molecule has 0 spiro atoms. The van der Waals surface area contributed by atoms with Gasteiger partial charge in [-0.3, -0.25) is 9.59 Å². The molecule has 1 heterocycles. The number of carbonyl (C=O) groups is 2. The molecule has 0 N–H and O–H groups in total. The van der Waals surface area contributed by atoms with Crippen molar-refractivity contribution in [3.05, 3.63) is 89.2 Å². The molecule has 38 heavy (non-hydrogen) atoms. The number of benzene rings is 2. The molecule has 204 valence electrons. The van der Waals surface area contributed by atoms with Gasteiger partial charge in [-0.1, -0.05) is 61.8 Å². The van der Waals surface area contributed by atoms with Gasteiger partial charge in [0.15, 0.2) is 6.61 Å². The van der Waals surface area contributed by atoms with Crippen LogP contribution in [0.4, 0.5) is 0 Å². The summed E-state index contributed by atoms with van der Waals surface area (Å²) in [7, 11) is 1.62. The van der Waals surface area contributed by atoms with Crippen molar-refractivity contribution in [1.82, 2.24) is 14.4 Å². The molecule has 0 radical (unpaired) electrons. The number of para-hydroxylation sites is 1. The highest BCUT2D eigenvalue weighted by atomic mass is 35.5. The van der Waals surface area contributed by atoms with Gasteiger partial charge in [0.1, 0.15) is 5.75 Å². The number of hydrogen-bond donors (Lipinski definition) is 0. The zero-order chi connectivity index (χ0) is 27.3. The van der Waals surface area contributed by atoms with E-state index >= 15 is 0 Å². The first-order valence-electron chi connectivity index (χ1n) is 13.0. The van der Waals surface area contributed by atoms with Gasteiger partial charge >= 0.3 is 0 Å². The van der Waals surface area contributed by atoms with Crippen molar-refractivity contribution in [3.8, 4) is 5.75 Å². The number of ether oxygens (including phenoxy) is 2. The van der Waals surface area contributed by atoms with Crippen molar-refractivity contribution in [2.75, 3.05) is 40.0 Å². The van der Waals surface area contributed by atoms with Crippen LogP contribution in [0.5, 0.6) is 5.75 Å². The van der Waals surface area contributed by atoms with Gasteiger partial charge in [0.05, 0.1) is 13.1 Å². The van der Waals surface area contributed by atoms with Crippen molar-refractivity contribution < 1.29 is 19.1 Å². The maximum atomic E-state index is 13.6. The molecule has 0 aliphatic carbocycles. The highest BCUT2D eigenvalue weighted by Gasteiger charge is 2.23. The minimum absolute atomic E-state index is 0.0152. The molecular weight excluding hydrogens is 502 g/mol. The zero-order valence-corrected chi connectivity index (χ0v) is 23.3. The Hall–Kier alpha value is -3.29. The Morgan fingerprint density at radius 3 is 2.39 bits per heavy atom. The summed E-state index contributed by atoms with van der Waals surface area (Å²) in [6.45, 7) is 6.57. The molecule has 0 saturated heterocycles. The second-order valence-corrected chi connectivity index (χ2v) is 10.1. The minimum atomic E-state index is -0.232. The fraction of sp³-hybridized carbons (Fsp3) is 0.400. The van der Waals surface area contributed by atoms with Gasteiger partial charge in [0, 0.05) is 50.3 Å². The second-order valence-electron chi connectivity index (χ2n) is 9.65. The Balaban J connectivity index is 1.71. The Morgan fingerprint density at radius 1 is 0.947 bits per heavy atom. The fourth-order valence-electron chi connectivity index (χ4n) is 4.16. The van der Waals surface area contributed by atoms with Crippen LogP contribution >= 0.6 is 11.6 Å². The lowest BCUT2D eigenvalue weighted by Gasteiger charge is -2.29. The van der Waals surface area contributed by atoms with Gasteiger partial charge in [0.2, 0.25) is 5.91 Å². The second kappa shape index (κ2) is 15.2. The molecule has 0 aliphatic heterocycles. The van der Waals surface area contributed by atoms with Crippen molar-refractivity contribution in [3.63, 3.8) is 0 Å². The largest absolute Gasteiger partial charge is 0.484 e. The first-order chi connectivity index (χ1) is 18.4. The minimum Gasteiger partial charge on any atom is -0.484 e. The molecule has 3 rings (SSSR count). The van der Waals surface area contributed by atoms with E-state index in [0.29, 0.717) is 50.0 Å². The van der Waals surface area contributed by atoms with Crippen LogP contribution in [0.2, 0.25) is 5.02 Å². The number of rotatable bonds is 15. The van der Waals surface area contributed by atoms with Crippen LogP contribution in [0.15, 0.2) is 72.9 Å². The first-order valence-corrected chi connectivity index (χ1v) is 13.3. The van der Waals surface area contributed by atoms with Crippen LogP contribution < -0.4 is 4.74 Å². The number of carbonyl (C=O) groups excluding carboxylic acids is 2. The summed E-state index contributed by atoms with van der Waals surface area (Å²) in [6, 6.07) is 21.0. The van der Waals surface area contributed by atoms with E-state index in [1.54, 1.807) is 24.1 Å². The third kappa shape index (κ3) is 9.23. The molecule has 0 unspecified atom stereocenters. The van der Waals surface area contributed by atoms with Crippen LogP contribution in [0, 0.1) is 5.92 Å². The van der Waals surface area contributed by atoms with Crippen LogP contribution in [-0.4, -0.2) is 66.1 Å². The summed E-state index contributed by atoms with van der Waals surface area (Å²) in [4.78, 5) is 30.1. The highest BCUT2D eigenvalue weighted by molar-refractivity contribution is 6.31. The summed E-state index contributed by atoms with van der Waals surface area (Å²) in [6.07, 6.45) is 2.63. The van der Waals surface area contributed by atoms with Gasteiger partial charge in [0.25, 0.3) is 5.91 Å². The molecule has 1 aromatic heterocycles. The number of amides is 2. The third-order valence-electron chi connectivity index (χ3n) is 6.07. The molecule has 2 amide bonds. The smallest absolute Gasteiger partial charge is 0.260 e. The zero-order valence-electron chi connectivity index (χ0n) is 22.5. The highest BCUT2D eigenvalue weighted by Crippen LogP contribution is 2.19. The van der Waals surface area contributed by atoms with Gasteiger partial charge < -0.3 is 23.8 Å². The monoisotopic (exact) mass is 539 g/mol. The lowest BCUT2D eigenvalue weighted by Crippen LogP contribution is -2.45. The Kier molecular flexibility index (Phi) is 11.7. The van der Waals surface area contributed by atoms with E-state index in [1.165, 1.54) is 0 Å². The summed E-state index contributed by atoms with van der Waals surface area (Å²) < 4.78 is 12.9. The topological polar surface area (TPSA) is 64.0 Å². The van der Waals surface area contributed by atoms with Gasteiger partial charge in [-0.15, -0.1) is 0 Å². The molecule has 0 fully saturated rings. The van der Waals surface area contributed by atoms with Crippen molar-refractivity contribution in [1.29, 1.82) is 0 Å². The lowest BCUT2D eigenvalue weighted by atomic mass is 10.2.